The number of sulfonamides is 1. The highest BCUT2D eigenvalue weighted by atomic mass is 79.9. The highest BCUT2D eigenvalue weighted by Gasteiger charge is 2.17. The first-order valence-electron chi connectivity index (χ1n) is 5.70. The van der Waals surface area contributed by atoms with Crippen molar-refractivity contribution in [2.45, 2.75) is 11.5 Å². The number of rotatable bonds is 4. The van der Waals surface area contributed by atoms with E-state index in [4.69, 9.17) is 28.3 Å². The molecule has 0 aliphatic carbocycles. The minimum atomic E-state index is -3.79. The summed E-state index contributed by atoms with van der Waals surface area (Å²) in [4.78, 5) is 0.00606. The molecule has 21 heavy (non-hydrogen) atoms. The van der Waals surface area contributed by atoms with Crippen molar-refractivity contribution >= 4 is 54.8 Å². The summed E-state index contributed by atoms with van der Waals surface area (Å²) in [5.74, 6) is 0. The first-order chi connectivity index (χ1) is 9.83. The van der Waals surface area contributed by atoms with E-state index in [0.29, 0.717) is 20.7 Å². The van der Waals surface area contributed by atoms with Crippen LogP contribution in [0.2, 0.25) is 10.0 Å². The molecule has 0 spiro atoms. The van der Waals surface area contributed by atoms with Crippen LogP contribution < -0.4 is 4.72 Å². The Kier molecular flexibility index (Phi) is 5.16. The molecule has 0 saturated carbocycles. The molecule has 4 nitrogen and oxygen atoms in total. The Hall–Kier alpha value is -0.790. The molecule has 2 N–H and O–H groups in total. The molecule has 8 heteroatoms. The van der Waals surface area contributed by atoms with Crippen LogP contribution in [0.25, 0.3) is 0 Å². The van der Waals surface area contributed by atoms with Crippen molar-refractivity contribution in [3.63, 3.8) is 0 Å². The van der Waals surface area contributed by atoms with Crippen LogP contribution in [-0.2, 0) is 16.6 Å². The van der Waals surface area contributed by atoms with Gasteiger partial charge in [0.25, 0.3) is 10.0 Å². The normalized spacial score (nSPS) is 11.4. The maximum absolute atomic E-state index is 12.3. The van der Waals surface area contributed by atoms with E-state index in [1.54, 1.807) is 18.2 Å². The molecule has 0 unspecified atom stereocenters. The van der Waals surface area contributed by atoms with Gasteiger partial charge in [0, 0.05) is 14.5 Å². The summed E-state index contributed by atoms with van der Waals surface area (Å²) in [6.45, 7) is -0.255. The average molecular weight is 411 g/mol. The molecule has 2 aromatic rings. The second kappa shape index (κ2) is 6.54. The van der Waals surface area contributed by atoms with Gasteiger partial charge in [-0.15, -0.1) is 0 Å². The third-order valence-electron chi connectivity index (χ3n) is 2.68. The number of hydrogen-bond acceptors (Lipinski definition) is 3. The van der Waals surface area contributed by atoms with Crippen LogP contribution in [0.5, 0.6) is 0 Å². The third kappa shape index (κ3) is 3.90. The van der Waals surface area contributed by atoms with E-state index in [2.05, 4.69) is 20.7 Å². The van der Waals surface area contributed by atoms with Crippen molar-refractivity contribution in [2.75, 3.05) is 4.72 Å². The molecular weight excluding hydrogens is 401 g/mol. The van der Waals surface area contributed by atoms with Gasteiger partial charge in [0.1, 0.15) is 0 Å². The zero-order valence-corrected chi connectivity index (χ0v) is 14.4. The third-order valence-corrected chi connectivity index (χ3v) is 5.29. The van der Waals surface area contributed by atoms with Crippen LogP contribution in [0.3, 0.4) is 0 Å². The Bertz CT molecular complexity index is 781. The van der Waals surface area contributed by atoms with Gasteiger partial charge in [-0.05, 0) is 51.8 Å². The zero-order chi connectivity index (χ0) is 15.6. The summed E-state index contributed by atoms with van der Waals surface area (Å²) in [5.41, 5.74) is 0.824. The SMILES string of the molecule is O=S(=O)(Nc1ccc(Cl)cc1Br)c1ccc(CO)c(Cl)c1. The molecule has 0 saturated heterocycles. The molecule has 0 heterocycles. The van der Waals surface area contributed by atoms with E-state index in [-0.39, 0.29) is 16.5 Å². The number of nitrogens with one attached hydrogen (secondary N) is 1. The number of anilines is 1. The smallest absolute Gasteiger partial charge is 0.261 e. The summed E-state index contributed by atoms with van der Waals surface area (Å²) in [7, 11) is -3.79. The lowest BCUT2D eigenvalue weighted by Crippen LogP contribution is -2.13. The van der Waals surface area contributed by atoms with Crippen LogP contribution >= 0.6 is 39.1 Å². The summed E-state index contributed by atoms with van der Waals surface area (Å²) in [5, 5.41) is 9.72. The molecule has 0 aliphatic rings. The predicted molar refractivity (Wildman–Crippen MR) is 87.3 cm³/mol. The highest BCUT2D eigenvalue weighted by molar-refractivity contribution is 9.10. The standard InChI is InChI=1S/C13H10BrCl2NO3S/c14-11-5-9(15)2-4-13(11)17-21(19,20)10-3-1-8(7-18)12(16)6-10/h1-6,17-18H,7H2. The topological polar surface area (TPSA) is 66.4 Å². The molecule has 0 fully saturated rings. The van der Waals surface area contributed by atoms with Crippen LogP contribution in [0, 0.1) is 0 Å². The monoisotopic (exact) mass is 409 g/mol. The van der Waals surface area contributed by atoms with Gasteiger partial charge in [-0.25, -0.2) is 8.42 Å². The molecule has 0 radical (unpaired) electrons. The van der Waals surface area contributed by atoms with Gasteiger partial charge in [-0.3, -0.25) is 4.72 Å². The van der Waals surface area contributed by atoms with Crippen LogP contribution in [0.15, 0.2) is 45.8 Å². The number of hydrogen-bond donors (Lipinski definition) is 2. The average Bonchev–Trinajstić information content (AvgIpc) is 2.42. The summed E-state index contributed by atoms with van der Waals surface area (Å²) < 4.78 is 27.6. The first kappa shape index (κ1) is 16.6. The molecule has 0 bridgehead atoms. The van der Waals surface area contributed by atoms with Crippen molar-refractivity contribution in [1.82, 2.24) is 0 Å². The Morgan fingerprint density at radius 3 is 2.43 bits per heavy atom. The fraction of sp³-hybridized carbons (Fsp3) is 0.0769. The second-order valence-electron chi connectivity index (χ2n) is 4.14. The fourth-order valence-corrected chi connectivity index (χ4v) is 3.92. The van der Waals surface area contributed by atoms with E-state index < -0.39 is 10.0 Å². The lowest BCUT2D eigenvalue weighted by atomic mass is 10.2. The highest BCUT2D eigenvalue weighted by Crippen LogP contribution is 2.29. The van der Waals surface area contributed by atoms with E-state index >= 15 is 0 Å². The minimum absolute atomic E-state index is 0.00606. The number of benzene rings is 2. The van der Waals surface area contributed by atoms with Gasteiger partial charge in [-0.1, -0.05) is 29.3 Å². The van der Waals surface area contributed by atoms with Crippen molar-refractivity contribution in [1.29, 1.82) is 0 Å². The van der Waals surface area contributed by atoms with E-state index in [1.165, 1.54) is 18.2 Å². The largest absolute Gasteiger partial charge is 0.392 e. The number of aliphatic hydroxyl groups excluding tert-OH is 1. The van der Waals surface area contributed by atoms with E-state index in [0.717, 1.165) is 0 Å². The van der Waals surface area contributed by atoms with Gasteiger partial charge in [0.2, 0.25) is 0 Å². The van der Waals surface area contributed by atoms with Crippen LogP contribution in [0.4, 0.5) is 5.69 Å². The summed E-state index contributed by atoms with van der Waals surface area (Å²) >= 11 is 15.0. The van der Waals surface area contributed by atoms with Gasteiger partial charge < -0.3 is 5.11 Å². The van der Waals surface area contributed by atoms with Gasteiger partial charge in [0.05, 0.1) is 17.2 Å². The van der Waals surface area contributed by atoms with Crippen molar-refractivity contribution < 1.29 is 13.5 Å². The molecule has 0 atom stereocenters. The molecule has 0 aliphatic heterocycles. The first-order valence-corrected chi connectivity index (χ1v) is 8.74. The van der Waals surface area contributed by atoms with E-state index in [9.17, 15) is 8.42 Å². The Morgan fingerprint density at radius 1 is 1.14 bits per heavy atom. The molecule has 0 aromatic heterocycles. The van der Waals surface area contributed by atoms with Gasteiger partial charge >= 0.3 is 0 Å². The lowest BCUT2D eigenvalue weighted by molar-refractivity contribution is 0.282. The maximum atomic E-state index is 12.3. The van der Waals surface area contributed by atoms with E-state index in [1.807, 2.05) is 0 Å². The summed E-state index contributed by atoms with van der Waals surface area (Å²) in [6, 6.07) is 8.84. The summed E-state index contributed by atoms with van der Waals surface area (Å²) in [6.07, 6.45) is 0. The van der Waals surface area contributed by atoms with Crippen molar-refractivity contribution in [3.8, 4) is 0 Å². The minimum Gasteiger partial charge on any atom is -0.392 e. The quantitative estimate of drug-likeness (QED) is 0.798. The number of halogens is 3. The zero-order valence-electron chi connectivity index (χ0n) is 10.5. The Morgan fingerprint density at radius 2 is 1.86 bits per heavy atom. The molecular formula is C13H10BrCl2NO3S. The van der Waals surface area contributed by atoms with Crippen LogP contribution in [0.1, 0.15) is 5.56 Å². The van der Waals surface area contributed by atoms with Crippen LogP contribution in [-0.4, -0.2) is 13.5 Å². The van der Waals surface area contributed by atoms with Crippen molar-refractivity contribution in [3.05, 3.63) is 56.5 Å². The van der Waals surface area contributed by atoms with Crippen molar-refractivity contribution in [2.24, 2.45) is 0 Å². The Balaban J connectivity index is 2.36. The molecule has 0 amide bonds. The maximum Gasteiger partial charge on any atom is 0.261 e. The molecule has 112 valence electrons. The van der Waals surface area contributed by atoms with Gasteiger partial charge in [0.15, 0.2) is 0 Å². The predicted octanol–water partition coefficient (Wildman–Crippen LogP) is 4.05. The molecule has 2 rings (SSSR count). The second-order valence-corrected chi connectivity index (χ2v) is 7.52. The Labute approximate surface area is 140 Å². The number of aliphatic hydroxyl groups is 1. The molecule has 2 aromatic carbocycles. The fourth-order valence-electron chi connectivity index (χ4n) is 1.60. The lowest BCUT2D eigenvalue weighted by Gasteiger charge is -2.11. The van der Waals surface area contributed by atoms with Gasteiger partial charge in [-0.2, -0.15) is 0 Å².